The van der Waals surface area contributed by atoms with E-state index in [1.165, 1.54) is 19.3 Å². The molecule has 0 fully saturated rings. The van der Waals surface area contributed by atoms with Gasteiger partial charge in [0.25, 0.3) is 0 Å². The predicted molar refractivity (Wildman–Crippen MR) is 44.0 cm³/mol. The fourth-order valence-electron chi connectivity index (χ4n) is 0.732. The lowest BCUT2D eigenvalue weighted by molar-refractivity contribution is 0.543. The summed E-state index contributed by atoms with van der Waals surface area (Å²) in [5.41, 5.74) is 0. The van der Waals surface area contributed by atoms with Crippen molar-refractivity contribution in [3.05, 3.63) is 0 Å². The quantitative estimate of drug-likeness (QED) is 0.536. The first-order chi connectivity index (χ1) is 4.18. The molecule has 0 aliphatic carbocycles. The summed E-state index contributed by atoms with van der Waals surface area (Å²) in [7, 11) is 0. The maximum absolute atomic E-state index is 5.99. The second-order valence-corrected chi connectivity index (χ2v) is 3.46. The number of unbranched alkanes of at least 4 members (excludes halogenated alkanes) is 1. The summed E-state index contributed by atoms with van der Waals surface area (Å²) in [5, 5.41) is 0.393. The topological polar surface area (TPSA) is 0 Å². The fraction of sp³-hybridized carbons (Fsp3) is 1.00. The Morgan fingerprint density at radius 2 is 1.89 bits per heavy atom. The molecule has 0 radical (unpaired) electrons. The average Bonchev–Trinajstić information content (AvgIpc) is 1.82. The molecule has 56 valence electrons. The summed E-state index contributed by atoms with van der Waals surface area (Å²) in [6.45, 7) is 6.55. The van der Waals surface area contributed by atoms with Crippen LogP contribution in [0.15, 0.2) is 0 Å². The van der Waals surface area contributed by atoms with Crippen molar-refractivity contribution >= 4 is 11.6 Å². The van der Waals surface area contributed by atoms with Gasteiger partial charge in [0, 0.05) is 5.38 Å². The molecule has 9 heavy (non-hydrogen) atoms. The molecule has 0 spiro atoms. The van der Waals surface area contributed by atoms with Crippen LogP contribution in [0.5, 0.6) is 0 Å². The van der Waals surface area contributed by atoms with Gasteiger partial charge in [-0.05, 0) is 12.3 Å². The van der Waals surface area contributed by atoms with Crippen molar-refractivity contribution in [3.8, 4) is 0 Å². The van der Waals surface area contributed by atoms with E-state index in [0.29, 0.717) is 11.3 Å². The Morgan fingerprint density at radius 3 is 2.22 bits per heavy atom. The zero-order valence-electron chi connectivity index (χ0n) is 6.65. The SMILES string of the molecule is CCCCC(Cl)C(C)C. The van der Waals surface area contributed by atoms with E-state index in [4.69, 9.17) is 11.6 Å². The lowest BCUT2D eigenvalue weighted by atomic mass is 10.1. The molecular weight excluding hydrogens is 132 g/mol. The van der Waals surface area contributed by atoms with Gasteiger partial charge in [0.05, 0.1) is 0 Å². The minimum Gasteiger partial charge on any atom is -0.123 e. The molecule has 1 atom stereocenters. The van der Waals surface area contributed by atoms with Gasteiger partial charge in [0.2, 0.25) is 0 Å². The van der Waals surface area contributed by atoms with Gasteiger partial charge in [-0.3, -0.25) is 0 Å². The van der Waals surface area contributed by atoms with E-state index >= 15 is 0 Å². The number of hydrogen-bond donors (Lipinski definition) is 0. The molecule has 0 aromatic rings. The highest BCUT2D eigenvalue weighted by molar-refractivity contribution is 6.20. The minimum absolute atomic E-state index is 0.393. The third kappa shape index (κ3) is 4.77. The van der Waals surface area contributed by atoms with Crippen LogP contribution in [0.3, 0.4) is 0 Å². The molecule has 0 amide bonds. The smallest absolute Gasteiger partial charge is 0.0359 e. The van der Waals surface area contributed by atoms with E-state index in [-0.39, 0.29) is 0 Å². The van der Waals surface area contributed by atoms with Crippen molar-refractivity contribution in [2.45, 2.75) is 45.4 Å². The van der Waals surface area contributed by atoms with Crippen molar-refractivity contribution in [1.82, 2.24) is 0 Å². The maximum atomic E-state index is 5.99. The van der Waals surface area contributed by atoms with Crippen molar-refractivity contribution in [1.29, 1.82) is 0 Å². The first kappa shape index (κ1) is 9.29. The van der Waals surface area contributed by atoms with Gasteiger partial charge in [-0.2, -0.15) is 0 Å². The second-order valence-electron chi connectivity index (χ2n) is 2.90. The van der Waals surface area contributed by atoms with E-state index in [1.54, 1.807) is 0 Å². The molecule has 0 aliphatic heterocycles. The minimum atomic E-state index is 0.393. The molecule has 0 N–H and O–H groups in total. The van der Waals surface area contributed by atoms with Gasteiger partial charge in [0.1, 0.15) is 0 Å². The van der Waals surface area contributed by atoms with Crippen LogP contribution in [0.4, 0.5) is 0 Å². The van der Waals surface area contributed by atoms with Gasteiger partial charge in [-0.15, -0.1) is 11.6 Å². The normalized spacial score (nSPS) is 14.3. The van der Waals surface area contributed by atoms with E-state index in [9.17, 15) is 0 Å². The van der Waals surface area contributed by atoms with Crippen LogP contribution in [0.1, 0.15) is 40.0 Å². The highest BCUT2D eigenvalue weighted by Gasteiger charge is 2.07. The monoisotopic (exact) mass is 148 g/mol. The number of alkyl halides is 1. The maximum Gasteiger partial charge on any atom is 0.0359 e. The molecule has 0 saturated heterocycles. The van der Waals surface area contributed by atoms with Crippen molar-refractivity contribution < 1.29 is 0 Å². The molecule has 0 saturated carbocycles. The number of hydrogen-bond acceptors (Lipinski definition) is 0. The van der Waals surface area contributed by atoms with Crippen LogP contribution in [0.25, 0.3) is 0 Å². The molecule has 0 aliphatic rings. The van der Waals surface area contributed by atoms with Crippen LogP contribution >= 0.6 is 11.6 Å². The Hall–Kier alpha value is 0.290. The molecule has 0 aromatic carbocycles. The van der Waals surface area contributed by atoms with Crippen molar-refractivity contribution in [2.24, 2.45) is 5.92 Å². The van der Waals surface area contributed by atoms with Crippen LogP contribution < -0.4 is 0 Å². The van der Waals surface area contributed by atoms with Crippen LogP contribution in [0, 0.1) is 5.92 Å². The zero-order chi connectivity index (χ0) is 7.28. The Balaban J connectivity index is 3.16. The van der Waals surface area contributed by atoms with Gasteiger partial charge >= 0.3 is 0 Å². The summed E-state index contributed by atoms with van der Waals surface area (Å²) in [5.74, 6) is 0.637. The van der Waals surface area contributed by atoms with Crippen molar-refractivity contribution in [3.63, 3.8) is 0 Å². The molecule has 0 rings (SSSR count). The summed E-state index contributed by atoms with van der Waals surface area (Å²) in [6, 6.07) is 0. The Kier molecular flexibility index (Phi) is 5.27. The molecule has 0 bridgehead atoms. The highest BCUT2D eigenvalue weighted by Crippen LogP contribution is 2.15. The molecule has 0 nitrogen and oxygen atoms in total. The molecule has 0 heterocycles. The van der Waals surface area contributed by atoms with Gasteiger partial charge < -0.3 is 0 Å². The lowest BCUT2D eigenvalue weighted by Gasteiger charge is -2.11. The first-order valence-corrected chi connectivity index (χ1v) is 4.26. The zero-order valence-corrected chi connectivity index (χ0v) is 7.41. The van der Waals surface area contributed by atoms with E-state index in [2.05, 4.69) is 20.8 Å². The predicted octanol–water partition coefficient (Wildman–Crippen LogP) is 3.44. The molecule has 0 aromatic heterocycles. The number of halogens is 1. The Labute approximate surface area is 63.6 Å². The van der Waals surface area contributed by atoms with Crippen LogP contribution in [-0.2, 0) is 0 Å². The summed E-state index contributed by atoms with van der Waals surface area (Å²) < 4.78 is 0. The third-order valence-electron chi connectivity index (χ3n) is 1.56. The second kappa shape index (κ2) is 5.10. The van der Waals surface area contributed by atoms with Crippen molar-refractivity contribution in [2.75, 3.05) is 0 Å². The summed E-state index contributed by atoms with van der Waals surface area (Å²) in [4.78, 5) is 0. The van der Waals surface area contributed by atoms with E-state index in [0.717, 1.165) is 0 Å². The molecule has 1 unspecified atom stereocenters. The van der Waals surface area contributed by atoms with E-state index < -0.39 is 0 Å². The van der Waals surface area contributed by atoms with E-state index in [1.807, 2.05) is 0 Å². The number of rotatable bonds is 4. The fourth-order valence-corrected chi connectivity index (χ4v) is 0.887. The lowest BCUT2D eigenvalue weighted by Crippen LogP contribution is -2.06. The third-order valence-corrected chi connectivity index (χ3v) is 2.28. The molecular formula is C8H17Cl. The Bertz CT molecular complexity index is 59.6. The average molecular weight is 149 g/mol. The highest BCUT2D eigenvalue weighted by atomic mass is 35.5. The summed E-state index contributed by atoms with van der Waals surface area (Å²) >= 11 is 5.99. The van der Waals surface area contributed by atoms with Crippen LogP contribution in [-0.4, -0.2) is 5.38 Å². The van der Waals surface area contributed by atoms with Gasteiger partial charge in [0.15, 0.2) is 0 Å². The first-order valence-electron chi connectivity index (χ1n) is 3.82. The summed E-state index contributed by atoms with van der Waals surface area (Å²) in [6.07, 6.45) is 3.71. The standard InChI is InChI=1S/C8H17Cl/c1-4-5-6-8(9)7(2)3/h7-8H,4-6H2,1-3H3. The molecule has 1 heteroatoms. The van der Waals surface area contributed by atoms with Gasteiger partial charge in [-0.1, -0.05) is 33.6 Å². The van der Waals surface area contributed by atoms with Gasteiger partial charge in [-0.25, -0.2) is 0 Å². The Morgan fingerprint density at radius 1 is 1.33 bits per heavy atom. The van der Waals surface area contributed by atoms with Crippen LogP contribution in [0.2, 0.25) is 0 Å². The largest absolute Gasteiger partial charge is 0.123 e.